The lowest BCUT2D eigenvalue weighted by atomic mass is 10.2. The number of halogens is 1. The summed E-state index contributed by atoms with van der Waals surface area (Å²) in [4.78, 5) is 17.6. The average molecular weight is 299 g/mol. The Balaban J connectivity index is 1.98. The summed E-state index contributed by atoms with van der Waals surface area (Å²) in [5.41, 5.74) is 0.581. The highest BCUT2D eigenvalue weighted by molar-refractivity contribution is 9.10. The van der Waals surface area contributed by atoms with Crippen molar-refractivity contribution in [2.24, 2.45) is 5.92 Å². The second kappa shape index (κ2) is 5.14. The monoisotopic (exact) mass is 298 g/mol. The summed E-state index contributed by atoms with van der Waals surface area (Å²) in [5.74, 6) is 0.294. The molecule has 0 radical (unpaired) electrons. The summed E-state index contributed by atoms with van der Waals surface area (Å²) in [6.45, 7) is 0.392. The van der Waals surface area contributed by atoms with E-state index in [0.29, 0.717) is 22.6 Å². The highest BCUT2D eigenvalue weighted by Crippen LogP contribution is 2.32. The maximum atomic E-state index is 12.0. The molecule has 1 N–H and O–H groups in total. The van der Waals surface area contributed by atoms with Gasteiger partial charge in [0.05, 0.1) is 6.10 Å². The molecule has 0 bridgehead atoms. The standard InChI is InChI=1S/C12H15BrN2O2/c1-15(7-10(16)8-2-3-8)12(17)9-4-5-14-11(13)6-9/h4-6,8,10,16H,2-3,7H2,1H3. The molecule has 1 atom stereocenters. The van der Waals surface area contributed by atoms with Gasteiger partial charge < -0.3 is 10.0 Å². The van der Waals surface area contributed by atoms with Crippen LogP contribution in [-0.4, -0.2) is 40.6 Å². The molecule has 1 fully saturated rings. The van der Waals surface area contributed by atoms with Crippen molar-refractivity contribution in [1.82, 2.24) is 9.88 Å². The lowest BCUT2D eigenvalue weighted by Crippen LogP contribution is -2.35. The zero-order valence-corrected chi connectivity index (χ0v) is 11.2. The first-order valence-electron chi connectivity index (χ1n) is 5.63. The van der Waals surface area contributed by atoms with Crippen LogP contribution in [0.4, 0.5) is 0 Å². The Hall–Kier alpha value is -0.940. The van der Waals surface area contributed by atoms with Gasteiger partial charge in [0.2, 0.25) is 0 Å². The number of rotatable bonds is 4. The Morgan fingerprint density at radius 3 is 3.00 bits per heavy atom. The maximum Gasteiger partial charge on any atom is 0.253 e. The third kappa shape index (κ3) is 3.26. The van der Waals surface area contributed by atoms with Gasteiger partial charge in [0.15, 0.2) is 0 Å². The smallest absolute Gasteiger partial charge is 0.253 e. The fourth-order valence-electron chi connectivity index (χ4n) is 1.75. The van der Waals surface area contributed by atoms with Crippen molar-refractivity contribution in [3.8, 4) is 0 Å². The molecule has 2 rings (SSSR count). The van der Waals surface area contributed by atoms with E-state index in [1.54, 1.807) is 30.3 Å². The first-order valence-corrected chi connectivity index (χ1v) is 6.42. The first-order chi connectivity index (χ1) is 8.08. The van der Waals surface area contributed by atoms with Crippen LogP contribution >= 0.6 is 15.9 Å². The van der Waals surface area contributed by atoms with Crippen molar-refractivity contribution in [1.29, 1.82) is 0 Å². The van der Waals surface area contributed by atoms with E-state index in [2.05, 4.69) is 20.9 Å². The number of hydrogen-bond acceptors (Lipinski definition) is 3. The van der Waals surface area contributed by atoms with Crippen LogP contribution in [0.5, 0.6) is 0 Å². The Kier molecular flexibility index (Phi) is 3.79. The van der Waals surface area contributed by atoms with E-state index in [-0.39, 0.29) is 5.91 Å². The van der Waals surface area contributed by atoms with Gasteiger partial charge in [-0.05, 0) is 46.8 Å². The van der Waals surface area contributed by atoms with Gasteiger partial charge in [-0.2, -0.15) is 0 Å². The van der Waals surface area contributed by atoms with Crippen molar-refractivity contribution in [3.63, 3.8) is 0 Å². The Morgan fingerprint density at radius 1 is 1.71 bits per heavy atom. The molecule has 1 amide bonds. The molecule has 4 nitrogen and oxygen atoms in total. The number of carbonyl (C=O) groups excluding carboxylic acids is 1. The molecule has 17 heavy (non-hydrogen) atoms. The number of aliphatic hydroxyl groups is 1. The van der Waals surface area contributed by atoms with Gasteiger partial charge in [-0.15, -0.1) is 0 Å². The summed E-state index contributed by atoms with van der Waals surface area (Å²) in [7, 11) is 1.71. The predicted octanol–water partition coefficient (Wildman–Crippen LogP) is 1.69. The molecule has 0 saturated heterocycles. The summed E-state index contributed by atoms with van der Waals surface area (Å²) in [6.07, 6.45) is 3.34. The highest BCUT2D eigenvalue weighted by atomic mass is 79.9. The van der Waals surface area contributed by atoms with Crippen molar-refractivity contribution >= 4 is 21.8 Å². The third-order valence-corrected chi connectivity index (χ3v) is 3.38. The fraction of sp³-hybridized carbons (Fsp3) is 0.500. The minimum atomic E-state index is -0.394. The molecule has 0 spiro atoms. The van der Waals surface area contributed by atoms with Gasteiger partial charge in [0, 0.05) is 25.4 Å². The molecule has 1 heterocycles. The Morgan fingerprint density at radius 2 is 2.41 bits per heavy atom. The topological polar surface area (TPSA) is 53.4 Å². The zero-order chi connectivity index (χ0) is 12.4. The van der Waals surface area contributed by atoms with Gasteiger partial charge in [0.1, 0.15) is 4.60 Å². The molecule has 0 aliphatic heterocycles. The number of aliphatic hydroxyl groups excluding tert-OH is 1. The number of nitrogens with zero attached hydrogens (tertiary/aromatic N) is 2. The Bertz CT molecular complexity index is 421. The number of likely N-dealkylation sites (N-methyl/N-ethyl adjacent to an activating group) is 1. The molecule has 1 aromatic heterocycles. The minimum Gasteiger partial charge on any atom is -0.391 e. The number of pyridine rings is 1. The van der Waals surface area contributed by atoms with Crippen LogP contribution in [0.1, 0.15) is 23.2 Å². The van der Waals surface area contributed by atoms with E-state index in [1.165, 1.54) is 0 Å². The van der Waals surface area contributed by atoms with Crippen molar-refractivity contribution in [2.75, 3.05) is 13.6 Å². The molecule has 1 saturated carbocycles. The maximum absolute atomic E-state index is 12.0. The van der Waals surface area contributed by atoms with Gasteiger partial charge in [-0.3, -0.25) is 4.79 Å². The van der Waals surface area contributed by atoms with Crippen molar-refractivity contribution < 1.29 is 9.90 Å². The van der Waals surface area contributed by atoms with Gasteiger partial charge in [0.25, 0.3) is 5.91 Å². The molecular weight excluding hydrogens is 284 g/mol. The van der Waals surface area contributed by atoms with Crippen LogP contribution in [0.25, 0.3) is 0 Å². The van der Waals surface area contributed by atoms with E-state index >= 15 is 0 Å². The van der Waals surface area contributed by atoms with Crippen LogP contribution < -0.4 is 0 Å². The molecule has 1 aliphatic rings. The van der Waals surface area contributed by atoms with E-state index in [4.69, 9.17) is 0 Å². The second-order valence-corrected chi connectivity index (χ2v) is 5.27. The number of hydrogen-bond donors (Lipinski definition) is 1. The summed E-state index contributed by atoms with van der Waals surface area (Å²) < 4.78 is 0.638. The predicted molar refractivity (Wildman–Crippen MR) is 67.6 cm³/mol. The van der Waals surface area contributed by atoms with Crippen LogP contribution in [0.15, 0.2) is 22.9 Å². The zero-order valence-electron chi connectivity index (χ0n) is 9.64. The van der Waals surface area contributed by atoms with E-state index in [0.717, 1.165) is 12.8 Å². The first kappa shape index (κ1) is 12.5. The van der Waals surface area contributed by atoms with E-state index < -0.39 is 6.10 Å². The SMILES string of the molecule is CN(CC(O)C1CC1)C(=O)c1ccnc(Br)c1. The van der Waals surface area contributed by atoms with Crippen molar-refractivity contribution in [2.45, 2.75) is 18.9 Å². The molecule has 1 aliphatic carbocycles. The summed E-state index contributed by atoms with van der Waals surface area (Å²) >= 11 is 3.23. The van der Waals surface area contributed by atoms with E-state index in [9.17, 15) is 9.90 Å². The Labute approximate surface area is 109 Å². The molecule has 0 aromatic carbocycles. The third-order valence-electron chi connectivity index (χ3n) is 2.95. The van der Waals surface area contributed by atoms with E-state index in [1.807, 2.05) is 0 Å². The van der Waals surface area contributed by atoms with Crippen LogP contribution in [-0.2, 0) is 0 Å². The molecule has 1 aromatic rings. The van der Waals surface area contributed by atoms with Gasteiger partial charge in [-0.25, -0.2) is 4.98 Å². The normalized spacial score (nSPS) is 16.6. The number of aromatic nitrogens is 1. The lowest BCUT2D eigenvalue weighted by molar-refractivity contribution is 0.0645. The molecule has 92 valence electrons. The minimum absolute atomic E-state index is 0.0900. The largest absolute Gasteiger partial charge is 0.391 e. The quantitative estimate of drug-likeness (QED) is 0.861. The lowest BCUT2D eigenvalue weighted by Gasteiger charge is -2.20. The summed E-state index contributed by atoms with van der Waals surface area (Å²) in [6, 6.07) is 3.36. The van der Waals surface area contributed by atoms with Crippen LogP contribution in [0, 0.1) is 5.92 Å². The van der Waals surface area contributed by atoms with Gasteiger partial charge in [-0.1, -0.05) is 0 Å². The summed E-state index contributed by atoms with van der Waals surface area (Å²) in [5, 5.41) is 9.79. The van der Waals surface area contributed by atoms with Gasteiger partial charge >= 0.3 is 0 Å². The van der Waals surface area contributed by atoms with Crippen LogP contribution in [0.2, 0.25) is 0 Å². The molecule has 5 heteroatoms. The van der Waals surface area contributed by atoms with Crippen molar-refractivity contribution in [3.05, 3.63) is 28.5 Å². The second-order valence-electron chi connectivity index (χ2n) is 4.46. The number of carbonyl (C=O) groups is 1. The van der Waals surface area contributed by atoms with Crippen LogP contribution in [0.3, 0.4) is 0 Å². The molecular formula is C12H15BrN2O2. The number of amides is 1. The average Bonchev–Trinajstić information content (AvgIpc) is 3.11. The highest BCUT2D eigenvalue weighted by Gasteiger charge is 2.31. The fourth-order valence-corrected chi connectivity index (χ4v) is 2.11. The molecule has 1 unspecified atom stereocenters.